The summed E-state index contributed by atoms with van der Waals surface area (Å²) in [7, 11) is 0. The van der Waals surface area contributed by atoms with Gasteiger partial charge in [0.15, 0.2) is 0 Å². The van der Waals surface area contributed by atoms with Gasteiger partial charge in [-0.15, -0.1) is 0 Å². The number of benzene rings is 1. The lowest BCUT2D eigenvalue weighted by Gasteiger charge is -2.07. The molecule has 2 aromatic rings. The van der Waals surface area contributed by atoms with Crippen LogP contribution in [0.3, 0.4) is 0 Å². The zero-order valence-corrected chi connectivity index (χ0v) is 10.9. The zero-order chi connectivity index (χ0) is 14.7. The molecule has 1 aromatic heterocycles. The highest BCUT2D eigenvalue weighted by Gasteiger charge is 2.18. The van der Waals surface area contributed by atoms with E-state index in [1.165, 1.54) is 16.8 Å². The highest BCUT2D eigenvalue weighted by Crippen LogP contribution is 2.19. The normalized spacial score (nSPS) is 10.2. The van der Waals surface area contributed by atoms with Crippen molar-refractivity contribution in [1.29, 1.82) is 0 Å². The Hall–Kier alpha value is -2.83. The van der Waals surface area contributed by atoms with E-state index in [9.17, 15) is 14.9 Å². The average molecular weight is 274 g/mol. The molecule has 0 unspecified atom stereocenters. The number of hydrogen-bond donors (Lipinski definition) is 2. The summed E-state index contributed by atoms with van der Waals surface area (Å²) in [5, 5.41) is 13.4. The van der Waals surface area contributed by atoms with Crippen molar-refractivity contribution < 1.29 is 9.72 Å². The summed E-state index contributed by atoms with van der Waals surface area (Å²) < 4.78 is 1.53. The van der Waals surface area contributed by atoms with Gasteiger partial charge in [-0.25, -0.2) is 0 Å². The molecule has 0 saturated heterocycles. The van der Waals surface area contributed by atoms with Crippen LogP contribution in [0, 0.1) is 10.1 Å². The molecule has 0 saturated carbocycles. The molecule has 0 aliphatic heterocycles. The van der Waals surface area contributed by atoms with Gasteiger partial charge in [0.25, 0.3) is 11.6 Å². The van der Waals surface area contributed by atoms with Crippen molar-refractivity contribution in [2.75, 3.05) is 11.1 Å². The first kappa shape index (κ1) is 13.6. The third-order valence-electron chi connectivity index (χ3n) is 2.81. The minimum atomic E-state index is -0.524. The number of nitrogens with one attached hydrogen (secondary N) is 1. The molecule has 1 heterocycles. The van der Waals surface area contributed by atoms with Gasteiger partial charge in [-0.3, -0.25) is 14.9 Å². The Labute approximate surface area is 115 Å². The van der Waals surface area contributed by atoms with Gasteiger partial charge in [0.1, 0.15) is 5.69 Å². The Bertz CT molecular complexity index is 663. The topological polar surface area (TPSA) is 103 Å². The summed E-state index contributed by atoms with van der Waals surface area (Å²) in [4.78, 5) is 22.4. The lowest BCUT2D eigenvalue weighted by molar-refractivity contribution is -0.384. The van der Waals surface area contributed by atoms with Crippen LogP contribution in [0.1, 0.15) is 17.4 Å². The van der Waals surface area contributed by atoms with Crippen LogP contribution in [0.5, 0.6) is 0 Å². The van der Waals surface area contributed by atoms with Gasteiger partial charge < -0.3 is 15.6 Å². The second-order valence-corrected chi connectivity index (χ2v) is 4.21. The quantitative estimate of drug-likeness (QED) is 0.507. The molecule has 0 atom stereocenters. The number of aromatic nitrogens is 1. The first-order valence-electron chi connectivity index (χ1n) is 6.02. The summed E-state index contributed by atoms with van der Waals surface area (Å²) >= 11 is 0. The van der Waals surface area contributed by atoms with Crippen LogP contribution in [0.15, 0.2) is 36.5 Å². The summed E-state index contributed by atoms with van der Waals surface area (Å²) in [6.45, 7) is 2.27. The van der Waals surface area contributed by atoms with Gasteiger partial charge in [0.2, 0.25) is 0 Å². The van der Waals surface area contributed by atoms with Crippen LogP contribution in [0.25, 0.3) is 0 Å². The number of hydrogen-bond acceptors (Lipinski definition) is 4. The number of carbonyl (C=O) groups excluding carboxylic acids is 1. The van der Waals surface area contributed by atoms with Crippen molar-refractivity contribution in [2.45, 2.75) is 13.5 Å². The number of nitrogens with two attached hydrogens (primary N) is 1. The van der Waals surface area contributed by atoms with E-state index in [1.54, 1.807) is 31.2 Å². The largest absolute Gasteiger partial charge is 0.399 e. The summed E-state index contributed by atoms with van der Waals surface area (Å²) in [6, 6.07) is 7.99. The molecule has 0 fully saturated rings. The number of nitrogens with zero attached hydrogens (tertiary/aromatic N) is 2. The predicted molar refractivity (Wildman–Crippen MR) is 75.6 cm³/mol. The van der Waals surface area contributed by atoms with E-state index in [4.69, 9.17) is 5.73 Å². The van der Waals surface area contributed by atoms with Gasteiger partial charge in [-0.2, -0.15) is 0 Å². The summed E-state index contributed by atoms with van der Waals surface area (Å²) in [5.41, 5.74) is 6.83. The average Bonchev–Trinajstić information content (AvgIpc) is 2.83. The van der Waals surface area contributed by atoms with Crippen LogP contribution >= 0.6 is 0 Å². The number of rotatable bonds is 4. The third kappa shape index (κ3) is 2.77. The summed E-state index contributed by atoms with van der Waals surface area (Å²) in [6.07, 6.45) is 1.34. The molecule has 7 nitrogen and oxygen atoms in total. The molecule has 104 valence electrons. The number of amides is 1. The number of carbonyl (C=O) groups is 1. The standard InChI is InChI=1S/C13H14N4O3/c1-2-16-8-11(17(19)20)7-12(16)13(18)15-10-5-3-4-9(14)6-10/h3-8H,2,14H2,1H3,(H,15,18). The smallest absolute Gasteiger partial charge is 0.287 e. The van der Waals surface area contributed by atoms with Crippen molar-refractivity contribution in [3.8, 4) is 0 Å². The van der Waals surface area contributed by atoms with Crippen molar-refractivity contribution in [1.82, 2.24) is 4.57 Å². The van der Waals surface area contributed by atoms with Crippen LogP contribution in [0.4, 0.5) is 17.1 Å². The Balaban J connectivity index is 2.27. The summed E-state index contributed by atoms with van der Waals surface area (Å²) in [5.74, 6) is -0.412. The maximum atomic E-state index is 12.1. The minimum absolute atomic E-state index is 0.107. The van der Waals surface area contributed by atoms with Crippen molar-refractivity contribution in [2.24, 2.45) is 0 Å². The minimum Gasteiger partial charge on any atom is -0.399 e. The fourth-order valence-corrected chi connectivity index (χ4v) is 1.86. The number of nitrogen functional groups attached to an aromatic ring is 1. The SMILES string of the molecule is CCn1cc([N+](=O)[O-])cc1C(=O)Nc1cccc(N)c1. The highest BCUT2D eigenvalue weighted by molar-refractivity contribution is 6.03. The van der Waals surface area contributed by atoms with Gasteiger partial charge in [0.05, 0.1) is 11.1 Å². The molecule has 0 spiro atoms. The fraction of sp³-hybridized carbons (Fsp3) is 0.154. The number of nitro groups is 1. The first-order chi connectivity index (χ1) is 9.51. The van der Waals surface area contributed by atoms with Gasteiger partial charge in [-0.1, -0.05) is 6.07 Å². The monoisotopic (exact) mass is 274 g/mol. The molecule has 0 bridgehead atoms. The molecule has 20 heavy (non-hydrogen) atoms. The lowest BCUT2D eigenvalue weighted by atomic mass is 10.2. The predicted octanol–water partition coefficient (Wildman–Crippen LogP) is 2.25. The van der Waals surface area contributed by atoms with E-state index in [-0.39, 0.29) is 11.4 Å². The van der Waals surface area contributed by atoms with E-state index in [1.807, 2.05) is 0 Å². The van der Waals surface area contributed by atoms with Gasteiger partial charge in [-0.05, 0) is 25.1 Å². The third-order valence-corrected chi connectivity index (χ3v) is 2.81. The van der Waals surface area contributed by atoms with Crippen LogP contribution in [-0.2, 0) is 6.54 Å². The van der Waals surface area contributed by atoms with Crippen LogP contribution in [0.2, 0.25) is 0 Å². The lowest BCUT2D eigenvalue weighted by Crippen LogP contribution is -2.16. The van der Waals surface area contributed by atoms with E-state index >= 15 is 0 Å². The Morgan fingerprint density at radius 2 is 2.20 bits per heavy atom. The van der Waals surface area contributed by atoms with E-state index in [0.29, 0.717) is 17.9 Å². The molecule has 1 aromatic carbocycles. The van der Waals surface area contributed by atoms with E-state index < -0.39 is 10.8 Å². The molecular weight excluding hydrogens is 260 g/mol. The van der Waals surface area contributed by atoms with E-state index in [2.05, 4.69) is 5.32 Å². The number of anilines is 2. The maximum absolute atomic E-state index is 12.1. The van der Waals surface area contributed by atoms with Crippen LogP contribution in [-0.4, -0.2) is 15.4 Å². The Morgan fingerprint density at radius 3 is 2.80 bits per heavy atom. The maximum Gasteiger partial charge on any atom is 0.287 e. The molecule has 7 heteroatoms. The Morgan fingerprint density at radius 1 is 1.45 bits per heavy atom. The Kier molecular flexibility index (Phi) is 3.69. The molecule has 0 aliphatic rings. The van der Waals surface area contributed by atoms with Crippen molar-refractivity contribution in [3.63, 3.8) is 0 Å². The molecule has 2 rings (SSSR count). The highest BCUT2D eigenvalue weighted by atomic mass is 16.6. The number of aryl methyl sites for hydroxylation is 1. The second-order valence-electron chi connectivity index (χ2n) is 4.21. The van der Waals surface area contributed by atoms with Gasteiger partial charge >= 0.3 is 0 Å². The molecule has 0 aliphatic carbocycles. The van der Waals surface area contributed by atoms with Gasteiger partial charge in [0, 0.05) is 24.0 Å². The molecule has 1 amide bonds. The molecular formula is C13H14N4O3. The van der Waals surface area contributed by atoms with Crippen LogP contribution < -0.4 is 11.1 Å². The van der Waals surface area contributed by atoms with Crippen molar-refractivity contribution >= 4 is 23.0 Å². The zero-order valence-electron chi connectivity index (χ0n) is 10.9. The molecule has 3 N–H and O–H groups in total. The fourth-order valence-electron chi connectivity index (χ4n) is 1.86. The van der Waals surface area contributed by atoms with Crippen molar-refractivity contribution in [3.05, 3.63) is 52.3 Å². The second kappa shape index (κ2) is 5.43. The van der Waals surface area contributed by atoms with E-state index in [0.717, 1.165) is 0 Å². The molecule has 0 radical (unpaired) electrons. The first-order valence-corrected chi connectivity index (χ1v) is 6.02.